The molecule has 0 saturated heterocycles. The van der Waals surface area contributed by atoms with Crippen LogP contribution in [0.3, 0.4) is 0 Å². The molecule has 0 radical (unpaired) electrons. The Morgan fingerprint density at radius 3 is 2.41 bits per heavy atom. The zero-order valence-corrected chi connectivity index (χ0v) is 23.9. The van der Waals surface area contributed by atoms with E-state index >= 15 is 0 Å². The van der Waals surface area contributed by atoms with E-state index in [1.54, 1.807) is 37.8 Å². The fraction of sp³-hybridized carbons (Fsp3) is 0.167. The van der Waals surface area contributed by atoms with Crippen molar-refractivity contribution in [2.24, 2.45) is 4.99 Å². The third-order valence-corrected chi connectivity index (χ3v) is 7.78. The van der Waals surface area contributed by atoms with Crippen LogP contribution in [0.1, 0.15) is 29.7 Å². The second-order valence-corrected chi connectivity index (χ2v) is 10.5. The zero-order valence-electron chi connectivity index (χ0n) is 21.5. The minimum absolute atomic E-state index is 0.178. The molecule has 0 unspecified atom stereocenters. The number of nitrogens with zero attached hydrogens (tertiary/aromatic N) is 2. The summed E-state index contributed by atoms with van der Waals surface area (Å²) in [4.78, 5) is 32.9. The summed E-state index contributed by atoms with van der Waals surface area (Å²) in [6, 6.07) is 21.7. The number of hydrogen-bond donors (Lipinski definition) is 0. The standard InChI is InChI=1S/C30H25BrN2O5S/c1-4-38-29(35)25-26(19-8-6-5-7-9-19)32-30-33(27(25)20-12-15-22(36-2)23(17-20)37-3)28(34)24(39-30)16-18-10-13-21(31)14-11-18/h5-17,27H,4H2,1-3H3/b24-16-/t27-/m1/s1. The van der Waals surface area contributed by atoms with Crippen molar-refractivity contribution >= 4 is 45.0 Å². The number of ether oxygens (including phenoxy) is 3. The van der Waals surface area contributed by atoms with Crippen LogP contribution in [0.2, 0.25) is 0 Å². The van der Waals surface area contributed by atoms with Gasteiger partial charge in [-0.05, 0) is 48.4 Å². The molecule has 198 valence electrons. The van der Waals surface area contributed by atoms with Crippen LogP contribution in [-0.2, 0) is 9.53 Å². The number of thiazole rings is 1. The second kappa shape index (κ2) is 11.4. The number of rotatable bonds is 7. The molecule has 1 aliphatic rings. The van der Waals surface area contributed by atoms with Gasteiger partial charge in [0.15, 0.2) is 16.3 Å². The van der Waals surface area contributed by atoms with Gasteiger partial charge in [-0.25, -0.2) is 9.79 Å². The number of fused-ring (bicyclic) bond motifs is 1. The van der Waals surface area contributed by atoms with Crippen LogP contribution < -0.4 is 24.4 Å². The van der Waals surface area contributed by atoms with Crippen LogP contribution in [0.15, 0.2) is 92.6 Å². The van der Waals surface area contributed by atoms with Gasteiger partial charge in [0.1, 0.15) is 0 Å². The largest absolute Gasteiger partial charge is 0.493 e. The van der Waals surface area contributed by atoms with Crippen LogP contribution in [0.25, 0.3) is 11.8 Å². The van der Waals surface area contributed by atoms with Gasteiger partial charge in [-0.1, -0.05) is 75.8 Å². The molecule has 3 aromatic carbocycles. The summed E-state index contributed by atoms with van der Waals surface area (Å²) in [6.07, 6.45) is 1.83. The topological polar surface area (TPSA) is 79.1 Å². The Balaban J connectivity index is 1.84. The maximum Gasteiger partial charge on any atom is 0.338 e. The Morgan fingerprint density at radius 1 is 1.03 bits per heavy atom. The number of hydrogen-bond acceptors (Lipinski definition) is 7. The number of carbonyl (C=O) groups is 1. The normalized spacial score (nSPS) is 15.0. The molecule has 0 fully saturated rings. The summed E-state index contributed by atoms with van der Waals surface area (Å²) in [5, 5.41) is 0. The second-order valence-electron chi connectivity index (χ2n) is 8.60. The lowest BCUT2D eigenvalue weighted by molar-refractivity contribution is -0.138. The molecule has 5 rings (SSSR count). The van der Waals surface area contributed by atoms with Crippen LogP contribution in [0.5, 0.6) is 11.5 Å². The summed E-state index contributed by atoms with van der Waals surface area (Å²) < 4.78 is 19.5. The first kappa shape index (κ1) is 26.6. The van der Waals surface area contributed by atoms with Gasteiger partial charge in [0.25, 0.3) is 5.56 Å². The fourth-order valence-corrected chi connectivity index (χ4v) is 5.75. The van der Waals surface area contributed by atoms with Crippen LogP contribution in [0.4, 0.5) is 0 Å². The van der Waals surface area contributed by atoms with Gasteiger partial charge >= 0.3 is 5.97 Å². The number of methoxy groups -OCH3 is 2. The number of carbonyl (C=O) groups excluding carboxylic acids is 1. The zero-order chi connectivity index (χ0) is 27.5. The van der Waals surface area contributed by atoms with E-state index in [2.05, 4.69) is 15.9 Å². The van der Waals surface area contributed by atoms with Crippen molar-refractivity contribution in [3.05, 3.63) is 119 Å². The molecule has 9 heteroatoms. The van der Waals surface area contributed by atoms with Crippen molar-refractivity contribution in [1.82, 2.24) is 4.57 Å². The Hall–Kier alpha value is -3.95. The van der Waals surface area contributed by atoms with Crippen LogP contribution >= 0.6 is 27.3 Å². The molecule has 0 aliphatic carbocycles. The fourth-order valence-electron chi connectivity index (χ4n) is 4.49. The molecule has 0 amide bonds. The summed E-state index contributed by atoms with van der Waals surface area (Å²) in [7, 11) is 3.10. The predicted molar refractivity (Wildman–Crippen MR) is 155 cm³/mol. The molecular formula is C30H25BrN2O5S. The molecule has 2 heterocycles. The maximum atomic E-state index is 14.0. The molecule has 4 aromatic rings. The van der Waals surface area contributed by atoms with Crippen molar-refractivity contribution in [3.63, 3.8) is 0 Å². The summed E-state index contributed by atoms with van der Waals surface area (Å²) in [5.74, 6) is 0.476. The minimum atomic E-state index is -0.803. The first-order valence-corrected chi connectivity index (χ1v) is 13.8. The highest BCUT2D eigenvalue weighted by Gasteiger charge is 2.35. The van der Waals surface area contributed by atoms with E-state index in [0.29, 0.717) is 32.1 Å². The van der Waals surface area contributed by atoms with Gasteiger partial charge in [-0.2, -0.15) is 0 Å². The highest BCUT2D eigenvalue weighted by atomic mass is 79.9. The molecular weight excluding hydrogens is 580 g/mol. The number of halogens is 1. The molecule has 1 aliphatic heterocycles. The summed E-state index contributed by atoms with van der Waals surface area (Å²) >= 11 is 4.73. The Morgan fingerprint density at radius 2 is 1.74 bits per heavy atom. The van der Waals surface area contributed by atoms with E-state index in [1.165, 1.54) is 11.3 Å². The van der Waals surface area contributed by atoms with E-state index in [-0.39, 0.29) is 17.7 Å². The van der Waals surface area contributed by atoms with Gasteiger partial charge in [0, 0.05) is 10.0 Å². The molecule has 0 spiro atoms. The lowest BCUT2D eigenvalue weighted by atomic mass is 9.93. The van der Waals surface area contributed by atoms with E-state index in [1.807, 2.05) is 66.7 Å². The average Bonchev–Trinajstić information content (AvgIpc) is 3.27. The Kier molecular flexibility index (Phi) is 7.81. The monoisotopic (exact) mass is 604 g/mol. The van der Waals surface area contributed by atoms with Crippen molar-refractivity contribution in [1.29, 1.82) is 0 Å². The third-order valence-electron chi connectivity index (χ3n) is 6.26. The first-order chi connectivity index (χ1) is 18.9. The predicted octanol–water partition coefficient (Wildman–Crippen LogP) is 4.72. The van der Waals surface area contributed by atoms with Gasteiger partial charge in [-0.15, -0.1) is 0 Å². The quantitative estimate of drug-likeness (QED) is 0.285. The van der Waals surface area contributed by atoms with Gasteiger partial charge in [-0.3, -0.25) is 9.36 Å². The van der Waals surface area contributed by atoms with Gasteiger partial charge in [0.05, 0.1) is 42.7 Å². The molecule has 39 heavy (non-hydrogen) atoms. The van der Waals surface area contributed by atoms with Crippen molar-refractivity contribution in [2.45, 2.75) is 13.0 Å². The Labute approximate surface area is 237 Å². The average molecular weight is 606 g/mol. The summed E-state index contributed by atoms with van der Waals surface area (Å²) in [5.41, 5.74) is 2.77. The Bertz CT molecular complexity index is 1740. The third kappa shape index (κ3) is 5.20. The van der Waals surface area contributed by atoms with Crippen molar-refractivity contribution < 1.29 is 19.0 Å². The number of aromatic nitrogens is 1. The van der Waals surface area contributed by atoms with E-state index in [0.717, 1.165) is 15.6 Å². The van der Waals surface area contributed by atoms with Crippen molar-refractivity contribution in [3.8, 4) is 11.5 Å². The van der Waals surface area contributed by atoms with Crippen LogP contribution in [-0.4, -0.2) is 31.4 Å². The lowest BCUT2D eigenvalue weighted by Crippen LogP contribution is -2.40. The highest BCUT2D eigenvalue weighted by Crippen LogP contribution is 2.38. The van der Waals surface area contributed by atoms with E-state index in [4.69, 9.17) is 19.2 Å². The first-order valence-electron chi connectivity index (χ1n) is 12.2. The lowest BCUT2D eigenvalue weighted by Gasteiger charge is -2.26. The van der Waals surface area contributed by atoms with E-state index < -0.39 is 12.0 Å². The molecule has 1 atom stereocenters. The van der Waals surface area contributed by atoms with Crippen molar-refractivity contribution in [2.75, 3.05) is 20.8 Å². The minimum Gasteiger partial charge on any atom is -0.493 e. The molecule has 1 aromatic heterocycles. The SMILES string of the molecule is CCOC(=O)C1=C(c2ccccc2)N=c2s/c(=C\c3ccc(Br)cc3)c(=O)n2[C@@H]1c1ccc(OC)c(OC)c1. The van der Waals surface area contributed by atoms with Gasteiger partial charge < -0.3 is 14.2 Å². The number of esters is 1. The number of benzene rings is 3. The smallest absolute Gasteiger partial charge is 0.338 e. The maximum absolute atomic E-state index is 14.0. The van der Waals surface area contributed by atoms with Crippen LogP contribution in [0, 0.1) is 0 Å². The summed E-state index contributed by atoms with van der Waals surface area (Å²) in [6.45, 7) is 1.93. The highest BCUT2D eigenvalue weighted by molar-refractivity contribution is 9.10. The molecule has 0 bridgehead atoms. The van der Waals surface area contributed by atoms with E-state index in [9.17, 15) is 9.59 Å². The molecule has 0 saturated carbocycles. The van der Waals surface area contributed by atoms with Gasteiger partial charge in [0.2, 0.25) is 0 Å². The molecule has 7 nitrogen and oxygen atoms in total. The molecule has 0 N–H and O–H groups in total.